The van der Waals surface area contributed by atoms with Gasteiger partial charge in [-0.3, -0.25) is 4.98 Å². The molecule has 1 heterocycles. The van der Waals surface area contributed by atoms with Gasteiger partial charge in [-0.05, 0) is 18.1 Å². The molecule has 0 saturated heterocycles. The molecule has 0 atom stereocenters. The molecule has 0 radical (unpaired) electrons. The highest BCUT2D eigenvalue weighted by atomic mass is 16.5. The summed E-state index contributed by atoms with van der Waals surface area (Å²) in [6.07, 6.45) is 2.41. The molecule has 0 aliphatic carbocycles. The molecule has 0 bridgehead atoms. The van der Waals surface area contributed by atoms with Crippen LogP contribution in [0.15, 0.2) is 36.5 Å². The Hall–Kier alpha value is -2.36. The number of aryl methyl sites for hydroxylation is 1. The Morgan fingerprint density at radius 3 is 2.53 bits per heavy atom. The second kappa shape index (κ2) is 5.52. The van der Waals surface area contributed by atoms with Crippen molar-refractivity contribution in [2.75, 3.05) is 7.11 Å². The van der Waals surface area contributed by atoms with Crippen molar-refractivity contribution in [3.63, 3.8) is 0 Å². The Morgan fingerprint density at radius 1 is 1.32 bits per heavy atom. The van der Waals surface area contributed by atoms with E-state index >= 15 is 0 Å². The van der Waals surface area contributed by atoms with Crippen molar-refractivity contribution < 1.29 is 14.6 Å². The third kappa shape index (κ3) is 2.73. The summed E-state index contributed by atoms with van der Waals surface area (Å²) in [5.41, 5.74) is 2.87. The van der Waals surface area contributed by atoms with Gasteiger partial charge in [0, 0.05) is 5.56 Å². The van der Waals surface area contributed by atoms with E-state index in [1.807, 2.05) is 24.3 Å². The second-order valence-electron chi connectivity index (χ2n) is 4.13. The number of aromatic carboxylic acids is 1. The fourth-order valence-electron chi connectivity index (χ4n) is 1.84. The van der Waals surface area contributed by atoms with E-state index < -0.39 is 5.97 Å². The van der Waals surface area contributed by atoms with Crippen LogP contribution in [0.4, 0.5) is 0 Å². The summed E-state index contributed by atoms with van der Waals surface area (Å²) in [5, 5.41) is 9.14. The van der Waals surface area contributed by atoms with Gasteiger partial charge < -0.3 is 9.84 Å². The fourth-order valence-corrected chi connectivity index (χ4v) is 1.84. The van der Waals surface area contributed by atoms with Crippen molar-refractivity contribution >= 4 is 5.97 Å². The summed E-state index contributed by atoms with van der Waals surface area (Å²) < 4.78 is 4.99. The molecule has 0 amide bonds. The Labute approximate surface area is 111 Å². The molecule has 0 spiro atoms. The van der Waals surface area contributed by atoms with Gasteiger partial charge in [0.25, 0.3) is 0 Å². The van der Waals surface area contributed by atoms with Crippen LogP contribution in [0, 0.1) is 0 Å². The zero-order valence-corrected chi connectivity index (χ0v) is 10.9. The van der Waals surface area contributed by atoms with E-state index in [0.717, 1.165) is 12.0 Å². The molecule has 1 N–H and O–H groups in total. The molecule has 0 saturated carbocycles. The maximum Gasteiger partial charge on any atom is 0.339 e. The quantitative estimate of drug-likeness (QED) is 0.914. The number of aromatic nitrogens is 1. The van der Waals surface area contributed by atoms with Gasteiger partial charge in [0.1, 0.15) is 5.56 Å². The zero-order valence-electron chi connectivity index (χ0n) is 10.9. The van der Waals surface area contributed by atoms with Gasteiger partial charge in [-0.25, -0.2) is 4.79 Å². The van der Waals surface area contributed by atoms with Crippen LogP contribution in [0.1, 0.15) is 22.8 Å². The van der Waals surface area contributed by atoms with Crippen LogP contribution >= 0.6 is 0 Å². The summed E-state index contributed by atoms with van der Waals surface area (Å²) in [7, 11) is 1.43. The van der Waals surface area contributed by atoms with Crippen LogP contribution in [0.5, 0.6) is 5.75 Å². The van der Waals surface area contributed by atoms with Crippen LogP contribution in [0.2, 0.25) is 0 Å². The number of nitrogens with zero attached hydrogens (tertiary/aromatic N) is 1. The molecule has 0 fully saturated rings. The number of ether oxygens (including phenoxy) is 1. The number of benzene rings is 1. The summed E-state index contributed by atoms with van der Waals surface area (Å²) >= 11 is 0. The lowest BCUT2D eigenvalue weighted by Crippen LogP contribution is -2.02. The van der Waals surface area contributed by atoms with Gasteiger partial charge in [-0.1, -0.05) is 31.2 Å². The summed E-state index contributed by atoms with van der Waals surface area (Å²) in [6.45, 7) is 2.09. The first-order chi connectivity index (χ1) is 9.15. The maximum atomic E-state index is 11.2. The van der Waals surface area contributed by atoms with E-state index in [1.165, 1.54) is 24.9 Å². The van der Waals surface area contributed by atoms with E-state index in [2.05, 4.69) is 11.9 Å². The Balaban J connectivity index is 2.44. The van der Waals surface area contributed by atoms with Crippen molar-refractivity contribution in [2.24, 2.45) is 0 Å². The Kier molecular flexibility index (Phi) is 3.80. The lowest BCUT2D eigenvalue weighted by molar-refractivity contribution is 0.0693. The topological polar surface area (TPSA) is 59.4 Å². The van der Waals surface area contributed by atoms with Gasteiger partial charge in [0.05, 0.1) is 19.0 Å². The SMILES string of the molecule is CCc1ccc(-c2cc(C(=O)O)c(OC)cn2)cc1. The standard InChI is InChI=1S/C15H15NO3/c1-3-10-4-6-11(7-5-10)13-8-12(15(17)18)14(19-2)9-16-13/h4-9H,3H2,1-2H3,(H,17,18). The third-order valence-corrected chi connectivity index (χ3v) is 2.98. The lowest BCUT2D eigenvalue weighted by Gasteiger charge is -2.07. The van der Waals surface area contributed by atoms with Gasteiger partial charge in [-0.15, -0.1) is 0 Å². The molecule has 1 aromatic carbocycles. The molecule has 1 aromatic heterocycles. The third-order valence-electron chi connectivity index (χ3n) is 2.98. The number of hydrogen-bond acceptors (Lipinski definition) is 3. The molecule has 4 nitrogen and oxygen atoms in total. The van der Waals surface area contributed by atoms with Gasteiger partial charge >= 0.3 is 5.97 Å². The van der Waals surface area contributed by atoms with E-state index in [0.29, 0.717) is 5.69 Å². The monoisotopic (exact) mass is 257 g/mol. The molecule has 98 valence electrons. The highest BCUT2D eigenvalue weighted by Crippen LogP contribution is 2.24. The summed E-state index contributed by atoms with van der Waals surface area (Å²) in [6, 6.07) is 9.45. The highest BCUT2D eigenvalue weighted by molar-refractivity contribution is 5.92. The predicted octanol–water partition coefficient (Wildman–Crippen LogP) is 3.02. The number of rotatable bonds is 4. The number of carboxylic acid groups (broad SMARTS) is 1. The minimum absolute atomic E-state index is 0.118. The number of pyridine rings is 1. The summed E-state index contributed by atoms with van der Waals surface area (Å²) in [5.74, 6) is -0.757. The largest absolute Gasteiger partial charge is 0.494 e. The molecule has 0 unspecified atom stereocenters. The highest BCUT2D eigenvalue weighted by Gasteiger charge is 2.13. The molecular weight excluding hydrogens is 242 g/mol. The number of hydrogen-bond donors (Lipinski definition) is 1. The van der Waals surface area contributed by atoms with Crippen LogP contribution in [-0.2, 0) is 6.42 Å². The van der Waals surface area contributed by atoms with Crippen LogP contribution in [0.3, 0.4) is 0 Å². The van der Waals surface area contributed by atoms with Crippen molar-refractivity contribution in [1.29, 1.82) is 0 Å². The Bertz CT molecular complexity index is 591. The molecular formula is C15H15NO3. The molecule has 4 heteroatoms. The van der Waals surface area contributed by atoms with Crippen molar-refractivity contribution in [3.8, 4) is 17.0 Å². The normalized spacial score (nSPS) is 10.2. The minimum atomic E-state index is -1.02. The smallest absolute Gasteiger partial charge is 0.339 e. The van der Waals surface area contributed by atoms with Gasteiger partial charge in [0.2, 0.25) is 0 Å². The maximum absolute atomic E-state index is 11.2. The van der Waals surface area contributed by atoms with E-state index in [9.17, 15) is 4.79 Å². The van der Waals surface area contributed by atoms with E-state index in [-0.39, 0.29) is 11.3 Å². The van der Waals surface area contributed by atoms with Crippen molar-refractivity contribution in [3.05, 3.63) is 47.7 Å². The Morgan fingerprint density at radius 2 is 2.00 bits per heavy atom. The minimum Gasteiger partial charge on any atom is -0.494 e. The molecule has 0 aliphatic rings. The zero-order chi connectivity index (χ0) is 13.8. The number of methoxy groups -OCH3 is 1. The lowest BCUT2D eigenvalue weighted by atomic mass is 10.1. The van der Waals surface area contributed by atoms with Crippen molar-refractivity contribution in [1.82, 2.24) is 4.98 Å². The number of carbonyl (C=O) groups is 1. The fraction of sp³-hybridized carbons (Fsp3) is 0.200. The van der Waals surface area contributed by atoms with E-state index in [1.54, 1.807) is 0 Å². The van der Waals surface area contributed by atoms with E-state index in [4.69, 9.17) is 9.84 Å². The number of carboxylic acids is 1. The summed E-state index contributed by atoms with van der Waals surface area (Å²) in [4.78, 5) is 15.4. The van der Waals surface area contributed by atoms with Gasteiger partial charge in [-0.2, -0.15) is 0 Å². The molecule has 19 heavy (non-hydrogen) atoms. The molecule has 2 rings (SSSR count). The average Bonchev–Trinajstić information content (AvgIpc) is 2.46. The average molecular weight is 257 g/mol. The van der Waals surface area contributed by atoms with Gasteiger partial charge in [0.15, 0.2) is 5.75 Å². The predicted molar refractivity (Wildman–Crippen MR) is 72.6 cm³/mol. The first kappa shape index (κ1) is 13.1. The van der Waals surface area contributed by atoms with Crippen LogP contribution < -0.4 is 4.74 Å². The first-order valence-electron chi connectivity index (χ1n) is 6.02. The van der Waals surface area contributed by atoms with Crippen LogP contribution in [0.25, 0.3) is 11.3 Å². The molecule has 2 aromatic rings. The van der Waals surface area contributed by atoms with Crippen LogP contribution in [-0.4, -0.2) is 23.2 Å². The second-order valence-corrected chi connectivity index (χ2v) is 4.13. The van der Waals surface area contributed by atoms with Crippen molar-refractivity contribution in [2.45, 2.75) is 13.3 Å². The first-order valence-corrected chi connectivity index (χ1v) is 6.02. The molecule has 0 aliphatic heterocycles.